The molecule has 0 aliphatic heterocycles. The number of aliphatic imine (C=N–C) groups is 2. The van der Waals surface area contributed by atoms with Gasteiger partial charge in [-0.3, -0.25) is 67.5 Å². The molecule has 0 unspecified atom stereocenters. The Hall–Kier alpha value is -7.94. The molecule has 9 atom stereocenters. The number of guanidine groups is 2. The zero-order valence-electron chi connectivity index (χ0n) is 52.3. The van der Waals surface area contributed by atoms with Gasteiger partial charge in [0.25, 0.3) is 0 Å². The summed E-state index contributed by atoms with van der Waals surface area (Å²) in [6.07, 6.45) is 11.9. The minimum absolute atomic E-state index is 0.00257. The zero-order valence-corrected chi connectivity index (χ0v) is 52.3. The number of rotatable bonds is 51. The molecule has 0 rings (SSSR count). The van der Waals surface area contributed by atoms with E-state index in [9.17, 15) is 72.9 Å². The number of likely N-dealkylation sites (N-methyl/N-ethyl adjacent to an activating group) is 1. The number of nitrogens with two attached hydrogens (primary N) is 6. The first-order chi connectivity index (χ1) is 42.2. The van der Waals surface area contributed by atoms with Crippen LogP contribution < -0.4 is 87.6 Å². The maximum atomic E-state index is 14.2. The fraction of sp³-hybridized carbons (Fsp3) is 0.750. The molecular formula is C56H104N18O15. The quantitative estimate of drug-likeness (QED) is 0.0155. The zero-order chi connectivity index (χ0) is 67.3. The molecule has 89 heavy (non-hydrogen) atoms. The monoisotopic (exact) mass is 1270 g/mol. The molecule has 11 amide bonds. The highest BCUT2D eigenvalue weighted by Crippen LogP contribution is 2.14. The van der Waals surface area contributed by atoms with Crippen molar-refractivity contribution in [2.75, 3.05) is 39.8 Å². The van der Waals surface area contributed by atoms with Crippen molar-refractivity contribution in [3.05, 3.63) is 0 Å². The second-order valence-electron chi connectivity index (χ2n) is 21.7. The van der Waals surface area contributed by atoms with Gasteiger partial charge in [-0.15, -0.1) is 0 Å². The molecule has 33 nitrogen and oxygen atoms in total. The molecule has 0 bridgehead atoms. The van der Waals surface area contributed by atoms with Crippen molar-refractivity contribution in [1.82, 2.24) is 53.2 Å². The number of primary amides is 1. The fourth-order valence-electron chi connectivity index (χ4n) is 8.87. The molecule has 0 aromatic heterocycles. The predicted molar refractivity (Wildman–Crippen MR) is 331 cm³/mol. The molecule has 0 radical (unpaired) electrons. The van der Waals surface area contributed by atoms with Crippen LogP contribution in [0.25, 0.3) is 0 Å². The van der Waals surface area contributed by atoms with E-state index in [4.69, 9.17) is 34.4 Å². The molecule has 0 aliphatic rings. The molecule has 0 saturated heterocycles. The largest absolute Gasteiger partial charge is 0.481 e. The van der Waals surface area contributed by atoms with Crippen molar-refractivity contribution >= 4 is 82.9 Å². The van der Waals surface area contributed by atoms with Gasteiger partial charge >= 0.3 is 5.97 Å². The Bertz CT molecular complexity index is 2290. The van der Waals surface area contributed by atoms with E-state index in [2.05, 4.69) is 70.1 Å². The summed E-state index contributed by atoms with van der Waals surface area (Å²) in [5.41, 5.74) is 32.8. The number of carbonyl (C=O) groups is 12. The Morgan fingerprint density at radius 1 is 0.449 bits per heavy atom. The van der Waals surface area contributed by atoms with E-state index in [1.54, 1.807) is 0 Å². The Labute approximate surface area is 520 Å². The number of carbonyl (C=O) groups excluding carboxylic acids is 11. The van der Waals surface area contributed by atoms with Crippen LogP contribution in [0.4, 0.5) is 0 Å². The Morgan fingerprint density at radius 2 is 0.876 bits per heavy atom. The van der Waals surface area contributed by atoms with Gasteiger partial charge in [0.1, 0.15) is 48.3 Å². The van der Waals surface area contributed by atoms with Crippen LogP contribution in [0, 0.1) is 0 Å². The number of nitrogens with one attached hydrogen (secondary N) is 10. The van der Waals surface area contributed by atoms with Crippen LogP contribution in [0.1, 0.15) is 175 Å². The highest BCUT2D eigenvalue weighted by atomic mass is 16.4. The molecule has 0 spiro atoms. The molecule has 0 fully saturated rings. The number of aliphatic carboxylic acids is 1. The normalized spacial score (nSPS) is 13.9. The predicted octanol–water partition coefficient (Wildman–Crippen LogP) is -4.42. The lowest BCUT2D eigenvalue weighted by atomic mass is 10.0. The average Bonchev–Trinajstić information content (AvgIpc) is 2.48. The van der Waals surface area contributed by atoms with Crippen LogP contribution in [0.3, 0.4) is 0 Å². The lowest BCUT2D eigenvalue weighted by Gasteiger charge is -2.28. The molecule has 508 valence electrons. The second kappa shape index (κ2) is 48.0. The van der Waals surface area contributed by atoms with E-state index in [-0.39, 0.29) is 69.4 Å². The van der Waals surface area contributed by atoms with E-state index in [0.29, 0.717) is 25.8 Å². The van der Waals surface area contributed by atoms with E-state index in [1.807, 2.05) is 0 Å². The van der Waals surface area contributed by atoms with Gasteiger partial charge in [-0.25, -0.2) is 0 Å². The van der Waals surface area contributed by atoms with E-state index >= 15 is 0 Å². The topological polar surface area (TPSA) is 567 Å². The summed E-state index contributed by atoms with van der Waals surface area (Å²) < 4.78 is 0. The van der Waals surface area contributed by atoms with Crippen LogP contribution in [-0.2, 0) is 57.5 Å². The minimum Gasteiger partial charge on any atom is -0.481 e. The summed E-state index contributed by atoms with van der Waals surface area (Å²) in [6.45, 7) is 3.22. The maximum absolute atomic E-state index is 14.2. The van der Waals surface area contributed by atoms with Crippen molar-refractivity contribution < 1.29 is 72.9 Å². The number of nitrogens with zero attached hydrogens (tertiary/aromatic N) is 2. The Balaban J connectivity index is 6.25. The first-order valence-electron chi connectivity index (χ1n) is 30.7. The number of aliphatic hydroxyl groups excluding tert-OH is 2. The lowest BCUT2D eigenvalue weighted by Crippen LogP contribution is -2.62. The highest BCUT2D eigenvalue weighted by Gasteiger charge is 2.36. The van der Waals surface area contributed by atoms with Gasteiger partial charge in [0.15, 0.2) is 11.9 Å². The third-order valence-corrected chi connectivity index (χ3v) is 13.9. The number of hydrogen-bond acceptors (Lipinski definition) is 17. The molecule has 33 heteroatoms. The first kappa shape index (κ1) is 81.1. The summed E-state index contributed by atoms with van der Waals surface area (Å²) >= 11 is 0. The van der Waals surface area contributed by atoms with Gasteiger partial charge in [-0.2, -0.15) is 0 Å². The molecule has 0 saturated carbocycles. The van der Waals surface area contributed by atoms with E-state index in [0.717, 1.165) is 39.5 Å². The Morgan fingerprint density at radius 3 is 1.33 bits per heavy atom. The van der Waals surface area contributed by atoms with E-state index < -0.39 is 152 Å². The van der Waals surface area contributed by atoms with Crippen LogP contribution in [0.15, 0.2) is 9.98 Å². The standard InChI is InChI=1S/C56H104N18O15/c1-5-6-7-8-9-10-11-12-13-14-15-16-17-25-43(78)68-36(22-18-19-28-57)49(84)70-38(24-21-30-65-56(61)62)51(86)71-39(26-27-45(80)81)52(87)74-46(35(3)76)54(89)72-40(31-42(58)77)53(88)67-34(2)47(82)66-32-44(79)69-37(23-20-29-64-55(59)60)50(85)73-41(33-75)48(83)63-4/h34-41,46,75-76H,5-33,57H2,1-4H3,(H2,58,77)(H,63,83)(H,66,82)(H,67,88)(H,68,78)(H,69,79)(H,70,84)(H,71,86)(H,72,89)(H,73,85)(H,74,87)(H,80,81)(H4,59,60,64)(H4,61,62,65)/t34-,35+,36-,37-,38-,39-,40-,41-,46-/m0/s1. The average molecular weight is 1270 g/mol. The van der Waals surface area contributed by atoms with Gasteiger partial charge in [-0.05, 0) is 78.2 Å². The van der Waals surface area contributed by atoms with Crippen molar-refractivity contribution in [3.8, 4) is 0 Å². The molecular weight excluding hydrogens is 1160 g/mol. The highest BCUT2D eigenvalue weighted by molar-refractivity contribution is 5.99. The van der Waals surface area contributed by atoms with Gasteiger partial charge in [0.2, 0.25) is 65.0 Å². The van der Waals surface area contributed by atoms with Crippen molar-refractivity contribution in [1.29, 1.82) is 0 Å². The van der Waals surface area contributed by atoms with Gasteiger partial charge in [-0.1, -0.05) is 84.0 Å². The number of hydrogen-bond donors (Lipinski definition) is 19. The Kier molecular flexibility index (Phi) is 43.8. The fourth-order valence-corrected chi connectivity index (χ4v) is 8.87. The molecule has 0 heterocycles. The lowest BCUT2D eigenvalue weighted by molar-refractivity contribution is -0.139. The number of aliphatic hydroxyl groups is 2. The van der Waals surface area contributed by atoms with Crippen molar-refractivity contribution in [3.63, 3.8) is 0 Å². The molecule has 25 N–H and O–H groups in total. The number of carboxylic acids is 1. The molecule has 0 aromatic carbocycles. The third-order valence-electron chi connectivity index (χ3n) is 13.9. The van der Waals surface area contributed by atoms with Gasteiger partial charge in [0, 0.05) is 33.0 Å². The van der Waals surface area contributed by atoms with Crippen LogP contribution >= 0.6 is 0 Å². The maximum Gasteiger partial charge on any atom is 0.303 e. The molecule has 0 aromatic rings. The number of unbranched alkanes of at least 4 members (excludes halogenated alkanes) is 13. The van der Waals surface area contributed by atoms with Crippen LogP contribution in [-0.4, -0.2) is 192 Å². The van der Waals surface area contributed by atoms with Crippen molar-refractivity contribution in [2.24, 2.45) is 44.4 Å². The summed E-state index contributed by atoms with van der Waals surface area (Å²) in [7, 11) is 1.27. The van der Waals surface area contributed by atoms with Gasteiger partial charge in [0.05, 0.1) is 25.7 Å². The van der Waals surface area contributed by atoms with Gasteiger partial charge < -0.3 is 103 Å². The second-order valence-corrected chi connectivity index (χ2v) is 21.7. The van der Waals surface area contributed by atoms with Crippen LogP contribution in [0.2, 0.25) is 0 Å². The van der Waals surface area contributed by atoms with Crippen molar-refractivity contribution in [2.45, 2.75) is 229 Å². The number of amides is 11. The molecule has 0 aliphatic carbocycles. The first-order valence-corrected chi connectivity index (χ1v) is 30.7. The van der Waals surface area contributed by atoms with Crippen LogP contribution in [0.5, 0.6) is 0 Å². The summed E-state index contributed by atoms with van der Waals surface area (Å²) in [6, 6.07) is -12.3. The van der Waals surface area contributed by atoms with E-state index in [1.165, 1.54) is 58.4 Å². The summed E-state index contributed by atoms with van der Waals surface area (Å²) in [4.78, 5) is 166. The SMILES string of the molecule is CCCCCCCCCCCCCCCC(=O)N[C@@H](CCCCN)C(=O)N[C@@H](CCCN=C(N)N)C(=O)N[C@@H](CCC(=O)O)C(=O)N[C@H](C(=O)N[C@@H](CC(N)=O)C(=O)N[C@@H](C)C(=O)NCC(=O)N[C@@H](CCCN=C(N)N)C(=O)N[C@@H](CO)C(=O)NC)[C@@H](C)O. The smallest absolute Gasteiger partial charge is 0.303 e. The summed E-state index contributed by atoms with van der Waals surface area (Å²) in [5, 5.41) is 53.7. The minimum atomic E-state index is -1.97. The third kappa shape index (κ3) is 38.8. The number of carboxylic acid groups (broad SMARTS) is 1. The summed E-state index contributed by atoms with van der Waals surface area (Å²) in [5.74, 6) is -12.4.